The maximum absolute atomic E-state index is 12.4. The van der Waals surface area contributed by atoms with Gasteiger partial charge in [-0.15, -0.1) is 14.8 Å². The minimum atomic E-state index is -0.314. The number of tetrazole rings is 1. The summed E-state index contributed by atoms with van der Waals surface area (Å²) in [5.41, 5.74) is 9.47. The van der Waals surface area contributed by atoms with Crippen molar-refractivity contribution in [3.8, 4) is 0 Å². The van der Waals surface area contributed by atoms with Crippen LogP contribution < -0.4 is 0 Å². The number of fused-ring (bicyclic) bond motifs is 1. The molecule has 0 fully saturated rings. The van der Waals surface area contributed by atoms with Crippen molar-refractivity contribution < 1.29 is 4.79 Å². The molecule has 3 rings (SSSR count). The summed E-state index contributed by atoms with van der Waals surface area (Å²) in [6.07, 6.45) is 0. The Balaban J connectivity index is 2.20. The predicted molar refractivity (Wildman–Crippen MR) is 67.3 cm³/mol. The minimum Gasteiger partial charge on any atom is -0.289 e. The van der Waals surface area contributed by atoms with E-state index in [0.29, 0.717) is 11.2 Å². The first-order chi connectivity index (χ1) is 9.79. The van der Waals surface area contributed by atoms with Gasteiger partial charge in [0.05, 0.1) is 5.56 Å². The molecule has 0 radical (unpaired) electrons. The zero-order valence-corrected chi connectivity index (χ0v) is 9.95. The number of hydrogen-bond donors (Lipinski definition) is 0. The van der Waals surface area contributed by atoms with E-state index in [1.165, 1.54) is 6.07 Å². The van der Waals surface area contributed by atoms with Gasteiger partial charge in [0.15, 0.2) is 11.6 Å². The van der Waals surface area contributed by atoms with E-state index in [-0.39, 0.29) is 17.2 Å². The topological polar surface area (TPSA) is 122 Å². The lowest BCUT2D eigenvalue weighted by Gasteiger charge is -2.03. The summed E-state index contributed by atoms with van der Waals surface area (Å²) >= 11 is 0. The average Bonchev–Trinajstić information content (AvgIpc) is 2.94. The summed E-state index contributed by atoms with van der Waals surface area (Å²) in [6, 6.07) is 10.0. The molecule has 9 heteroatoms. The molecule has 0 spiro atoms. The van der Waals surface area contributed by atoms with Crippen LogP contribution in [-0.4, -0.2) is 31.0 Å². The fourth-order valence-corrected chi connectivity index (χ4v) is 1.71. The molecular weight excluding hydrogens is 260 g/mol. The fourth-order valence-electron chi connectivity index (χ4n) is 1.71. The third kappa shape index (κ3) is 1.93. The van der Waals surface area contributed by atoms with E-state index in [1.807, 2.05) is 0 Å². The fraction of sp³-hybridized carbons (Fsp3) is 0. The number of azide groups is 1. The zero-order valence-electron chi connectivity index (χ0n) is 9.95. The summed E-state index contributed by atoms with van der Waals surface area (Å²) in [5, 5.41) is 18.0. The molecule has 0 aliphatic rings. The SMILES string of the molecule is [N-]=[N+]=Nc1nn2nnnc2cc1C(=O)c1ccccc1. The number of nitrogens with zero attached hydrogens (tertiary/aromatic N) is 8. The van der Waals surface area contributed by atoms with Gasteiger partial charge in [0.1, 0.15) is 0 Å². The van der Waals surface area contributed by atoms with Crippen LogP contribution in [-0.2, 0) is 0 Å². The van der Waals surface area contributed by atoms with E-state index in [2.05, 4.69) is 30.7 Å². The smallest absolute Gasteiger partial charge is 0.200 e. The van der Waals surface area contributed by atoms with Crippen LogP contribution >= 0.6 is 0 Å². The van der Waals surface area contributed by atoms with Crippen molar-refractivity contribution in [3.05, 3.63) is 58.0 Å². The number of carbonyl (C=O) groups is 1. The van der Waals surface area contributed by atoms with Crippen molar-refractivity contribution >= 4 is 17.2 Å². The van der Waals surface area contributed by atoms with Gasteiger partial charge in [0, 0.05) is 10.5 Å². The van der Waals surface area contributed by atoms with E-state index in [4.69, 9.17) is 5.53 Å². The van der Waals surface area contributed by atoms with Crippen LogP contribution in [0.5, 0.6) is 0 Å². The normalized spacial score (nSPS) is 10.2. The molecule has 2 aromatic heterocycles. The van der Waals surface area contributed by atoms with Crippen LogP contribution in [0, 0.1) is 0 Å². The van der Waals surface area contributed by atoms with Crippen LogP contribution in [0.3, 0.4) is 0 Å². The Hall–Kier alpha value is -3.32. The van der Waals surface area contributed by atoms with Crippen LogP contribution in [0.15, 0.2) is 41.5 Å². The largest absolute Gasteiger partial charge is 0.289 e. The lowest BCUT2D eigenvalue weighted by atomic mass is 10.0. The molecule has 0 atom stereocenters. The summed E-state index contributed by atoms with van der Waals surface area (Å²) in [7, 11) is 0. The van der Waals surface area contributed by atoms with E-state index < -0.39 is 0 Å². The van der Waals surface area contributed by atoms with Gasteiger partial charge in [-0.2, -0.15) is 0 Å². The maximum Gasteiger partial charge on any atom is 0.200 e. The van der Waals surface area contributed by atoms with Crippen LogP contribution in [0.2, 0.25) is 0 Å². The molecule has 9 nitrogen and oxygen atoms in total. The van der Waals surface area contributed by atoms with E-state index in [9.17, 15) is 4.79 Å². The van der Waals surface area contributed by atoms with E-state index in [0.717, 1.165) is 4.63 Å². The van der Waals surface area contributed by atoms with Crippen molar-refractivity contribution in [2.45, 2.75) is 0 Å². The van der Waals surface area contributed by atoms with Gasteiger partial charge >= 0.3 is 0 Å². The Kier molecular flexibility index (Phi) is 2.79. The van der Waals surface area contributed by atoms with E-state index in [1.54, 1.807) is 30.3 Å². The number of benzene rings is 1. The van der Waals surface area contributed by atoms with Crippen molar-refractivity contribution in [1.29, 1.82) is 0 Å². The van der Waals surface area contributed by atoms with Gasteiger partial charge in [0.25, 0.3) is 0 Å². The molecule has 0 saturated carbocycles. The quantitative estimate of drug-likeness (QED) is 0.309. The molecule has 0 aliphatic heterocycles. The number of hydrogen-bond acceptors (Lipinski definition) is 6. The Morgan fingerprint density at radius 2 is 2.10 bits per heavy atom. The second-order valence-electron chi connectivity index (χ2n) is 3.79. The lowest BCUT2D eigenvalue weighted by Crippen LogP contribution is -2.05. The predicted octanol–water partition coefficient (Wildman–Crippen LogP) is 1.69. The molecule has 0 bridgehead atoms. The molecule has 0 amide bonds. The second kappa shape index (κ2) is 4.75. The molecule has 2 heterocycles. The van der Waals surface area contributed by atoms with Gasteiger partial charge < -0.3 is 0 Å². The second-order valence-corrected chi connectivity index (χ2v) is 3.79. The minimum absolute atomic E-state index is 0.0684. The molecule has 0 unspecified atom stereocenters. The summed E-state index contributed by atoms with van der Waals surface area (Å²) in [4.78, 5) is 15.1. The molecule has 0 N–H and O–H groups in total. The Morgan fingerprint density at radius 1 is 1.30 bits per heavy atom. The molecule has 0 aliphatic carbocycles. The van der Waals surface area contributed by atoms with Crippen LogP contribution in [0.4, 0.5) is 5.82 Å². The molecule has 1 aromatic carbocycles. The average molecular weight is 266 g/mol. The summed E-state index contributed by atoms with van der Waals surface area (Å²) < 4.78 is 1.09. The number of carbonyl (C=O) groups excluding carboxylic acids is 1. The summed E-state index contributed by atoms with van der Waals surface area (Å²) in [5.74, 6) is -0.382. The maximum atomic E-state index is 12.4. The number of aromatic nitrogens is 5. The first kappa shape index (κ1) is 11.8. The van der Waals surface area contributed by atoms with Gasteiger partial charge in [-0.25, -0.2) is 0 Å². The van der Waals surface area contributed by atoms with Crippen LogP contribution in [0.25, 0.3) is 16.1 Å². The van der Waals surface area contributed by atoms with Crippen molar-refractivity contribution in [2.75, 3.05) is 0 Å². The lowest BCUT2D eigenvalue weighted by molar-refractivity contribution is 0.103. The monoisotopic (exact) mass is 266 g/mol. The van der Waals surface area contributed by atoms with Gasteiger partial charge in [-0.3, -0.25) is 4.79 Å². The highest BCUT2D eigenvalue weighted by Gasteiger charge is 2.16. The Labute approximate surface area is 111 Å². The number of ketones is 1. The highest BCUT2D eigenvalue weighted by Crippen LogP contribution is 2.20. The zero-order chi connectivity index (χ0) is 13.9. The summed E-state index contributed by atoms with van der Waals surface area (Å²) in [6.45, 7) is 0. The highest BCUT2D eigenvalue weighted by molar-refractivity contribution is 6.11. The third-order valence-electron chi connectivity index (χ3n) is 2.60. The van der Waals surface area contributed by atoms with Gasteiger partial charge in [0.2, 0.25) is 5.65 Å². The molecular formula is C11H6N8O. The number of rotatable bonds is 3. The van der Waals surface area contributed by atoms with Crippen molar-refractivity contribution in [3.63, 3.8) is 0 Å². The molecule has 0 saturated heterocycles. The first-order valence-electron chi connectivity index (χ1n) is 5.54. The van der Waals surface area contributed by atoms with Gasteiger partial charge in [-0.05, 0) is 27.1 Å². The van der Waals surface area contributed by atoms with Crippen molar-refractivity contribution in [1.82, 2.24) is 25.3 Å². The third-order valence-corrected chi connectivity index (χ3v) is 2.60. The van der Waals surface area contributed by atoms with Crippen LogP contribution in [0.1, 0.15) is 15.9 Å². The molecule has 3 aromatic rings. The molecule has 96 valence electrons. The molecule has 20 heavy (non-hydrogen) atoms. The highest BCUT2D eigenvalue weighted by atomic mass is 16.1. The van der Waals surface area contributed by atoms with Crippen molar-refractivity contribution in [2.24, 2.45) is 5.11 Å². The Morgan fingerprint density at radius 3 is 2.85 bits per heavy atom. The van der Waals surface area contributed by atoms with E-state index >= 15 is 0 Å². The van der Waals surface area contributed by atoms with Gasteiger partial charge in [-0.1, -0.05) is 30.3 Å². The standard InChI is InChI=1S/C11H6N8O/c12-16-14-11-8(6-9-13-17-18-19(9)15-11)10(20)7-4-2-1-3-5-7/h1-6H. The Bertz CT molecular complexity index is 834. The first-order valence-corrected chi connectivity index (χ1v) is 5.54.